The molecule has 0 aliphatic heterocycles. The molecule has 2 aromatic carbocycles. The third-order valence-electron chi connectivity index (χ3n) is 5.52. The van der Waals surface area contributed by atoms with Crippen LogP contribution in [0.1, 0.15) is 37.3 Å². The van der Waals surface area contributed by atoms with Gasteiger partial charge in [-0.05, 0) is 47.7 Å². The monoisotopic (exact) mass is 410 g/mol. The van der Waals surface area contributed by atoms with Crippen LogP contribution in [0.2, 0.25) is 0 Å². The summed E-state index contributed by atoms with van der Waals surface area (Å²) in [5.74, 6) is -0.568. The highest BCUT2D eigenvalue weighted by atomic mass is 32.2. The Kier molecular flexibility index (Phi) is 4.58. The molecular formula is C22H22N2O4S. The number of carbonyl (C=O) groups is 1. The smallest absolute Gasteiger partial charge is 0.264 e. The number of aromatic nitrogens is 1. The third-order valence-corrected chi connectivity index (χ3v) is 6.93. The molecule has 1 N–H and O–H groups in total. The lowest BCUT2D eigenvalue weighted by molar-refractivity contribution is -0.121. The van der Waals surface area contributed by atoms with E-state index in [2.05, 4.69) is 9.71 Å². The van der Waals surface area contributed by atoms with Crippen molar-refractivity contribution >= 4 is 26.8 Å². The average molecular weight is 410 g/mol. The number of benzene rings is 2. The van der Waals surface area contributed by atoms with Crippen LogP contribution in [0.15, 0.2) is 59.6 Å². The number of nitrogens with one attached hydrogen (secondary N) is 1. The van der Waals surface area contributed by atoms with Gasteiger partial charge in [-0.2, -0.15) is 0 Å². The lowest BCUT2D eigenvalue weighted by atomic mass is 9.86. The summed E-state index contributed by atoms with van der Waals surface area (Å²) in [5, 5.41) is 0.472. The van der Waals surface area contributed by atoms with Gasteiger partial charge in [-0.1, -0.05) is 32.0 Å². The van der Waals surface area contributed by atoms with E-state index in [-0.39, 0.29) is 10.3 Å². The van der Waals surface area contributed by atoms with Gasteiger partial charge in [0.15, 0.2) is 0 Å². The number of ether oxygens (including phenoxy) is 1. The molecule has 150 valence electrons. The Morgan fingerprint density at radius 1 is 1.14 bits per heavy atom. The average Bonchev–Trinajstić information content (AvgIpc) is 2.98. The lowest BCUT2D eigenvalue weighted by Crippen LogP contribution is -2.34. The Morgan fingerprint density at radius 3 is 2.66 bits per heavy atom. The Hall–Kier alpha value is -2.93. The Morgan fingerprint density at radius 2 is 1.90 bits per heavy atom. The summed E-state index contributed by atoms with van der Waals surface area (Å²) < 4.78 is 33.9. The van der Waals surface area contributed by atoms with Crippen LogP contribution in [-0.2, 0) is 20.2 Å². The van der Waals surface area contributed by atoms with Gasteiger partial charge in [-0.25, -0.2) is 13.1 Å². The maximum absolute atomic E-state index is 13.1. The highest BCUT2D eigenvalue weighted by Gasteiger charge is 2.43. The van der Waals surface area contributed by atoms with Gasteiger partial charge in [0.1, 0.15) is 5.75 Å². The summed E-state index contributed by atoms with van der Waals surface area (Å²) in [5.41, 5.74) is 2.05. The van der Waals surface area contributed by atoms with Gasteiger partial charge in [0.25, 0.3) is 10.0 Å². The Bertz CT molecular complexity index is 1210. The maximum atomic E-state index is 13.1. The van der Waals surface area contributed by atoms with E-state index >= 15 is 0 Å². The zero-order valence-corrected chi connectivity index (χ0v) is 17.3. The molecule has 6 nitrogen and oxygen atoms in total. The molecule has 0 fully saturated rings. The van der Waals surface area contributed by atoms with Crippen LogP contribution in [0.3, 0.4) is 0 Å². The van der Waals surface area contributed by atoms with Crippen LogP contribution in [0.25, 0.3) is 10.9 Å². The van der Waals surface area contributed by atoms with E-state index in [1.165, 1.54) is 6.07 Å². The molecule has 4 rings (SSSR count). The largest absolute Gasteiger partial charge is 0.496 e. The predicted molar refractivity (Wildman–Crippen MR) is 110 cm³/mol. The van der Waals surface area contributed by atoms with Crippen molar-refractivity contribution in [2.45, 2.75) is 36.5 Å². The summed E-state index contributed by atoms with van der Waals surface area (Å²) in [6, 6.07) is 13.8. The van der Waals surface area contributed by atoms with Gasteiger partial charge in [-0.3, -0.25) is 9.78 Å². The molecule has 0 radical (unpaired) electrons. The van der Waals surface area contributed by atoms with Gasteiger partial charge in [0, 0.05) is 17.1 Å². The number of nitrogens with zero attached hydrogens (tertiary/aromatic N) is 1. The zero-order valence-electron chi connectivity index (χ0n) is 16.5. The number of methoxy groups -OCH3 is 1. The van der Waals surface area contributed by atoms with Crippen LogP contribution in [0.5, 0.6) is 5.75 Å². The minimum absolute atomic E-state index is 0.0361. The molecule has 0 unspecified atom stereocenters. The second-order valence-electron chi connectivity index (χ2n) is 7.86. The summed E-state index contributed by atoms with van der Waals surface area (Å²) in [4.78, 5) is 17.4. The number of pyridine rings is 1. The van der Waals surface area contributed by atoms with Crippen molar-refractivity contribution in [3.8, 4) is 5.75 Å². The molecule has 3 aromatic rings. The summed E-state index contributed by atoms with van der Waals surface area (Å²) in [7, 11) is -2.51. The molecule has 1 amide bonds. The van der Waals surface area contributed by atoms with Gasteiger partial charge < -0.3 is 4.74 Å². The first-order chi connectivity index (χ1) is 13.7. The third kappa shape index (κ3) is 3.25. The molecule has 7 heteroatoms. The van der Waals surface area contributed by atoms with Crippen molar-refractivity contribution in [1.82, 2.24) is 9.71 Å². The van der Waals surface area contributed by atoms with E-state index in [1.807, 2.05) is 26.0 Å². The second-order valence-corrected chi connectivity index (χ2v) is 9.51. The number of fused-ring (bicyclic) bond motifs is 2. The number of sulfonamides is 1. The van der Waals surface area contributed by atoms with Crippen molar-refractivity contribution in [1.29, 1.82) is 0 Å². The molecule has 1 aromatic heterocycles. The molecule has 1 aliphatic rings. The van der Waals surface area contributed by atoms with Crippen molar-refractivity contribution in [3.05, 3.63) is 65.9 Å². The molecule has 0 saturated heterocycles. The topological polar surface area (TPSA) is 85.4 Å². The van der Waals surface area contributed by atoms with Crippen LogP contribution in [-0.4, -0.2) is 26.4 Å². The van der Waals surface area contributed by atoms with Gasteiger partial charge >= 0.3 is 0 Å². The quantitative estimate of drug-likeness (QED) is 0.711. The first-order valence-electron chi connectivity index (χ1n) is 9.32. The normalized spacial score (nSPS) is 17.7. The lowest BCUT2D eigenvalue weighted by Gasteiger charge is -2.19. The summed E-state index contributed by atoms with van der Waals surface area (Å²) in [6.07, 6.45) is 2.10. The van der Waals surface area contributed by atoms with Crippen molar-refractivity contribution in [2.75, 3.05) is 7.11 Å². The van der Waals surface area contributed by atoms with E-state index in [0.29, 0.717) is 23.1 Å². The van der Waals surface area contributed by atoms with Gasteiger partial charge in [-0.15, -0.1) is 0 Å². The van der Waals surface area contributed by atoms with Gasteiger partial charge in [0.05, 0.1) is 23.4 Å². The van der Waals surface area contributed by atoms with Crippen molar-refractivity contribution in [2.24, 2.45) is 0 Å². The first kappa shape index (κ1) is 19.4. The Balaban J connectivity index is 1.72. The fourth-order valence-corrected chi connectivity index (χ4v) is 5.42. The number of rotatable bonds is 4. The Labute approximate surface area is 170 Å². The van der Waals surface area contributed by atoms with Crippen molar-refractivity contribution in [3.63, 3.8) is 0 Å². The van der Waals surface area contributed by atoms with Crippen LogP contribution in [0.4, 0.5) is 0 Å². The molecule has 1 aliphatic carbocycles. The molecular weight excluding hydrogens is 388 g/mol. The minimum Gasteiger partial charge on any atom is -0.496 e. The fraction of sp³-hybridized carbons (Fsp3) is 0.273. The first-order valence-corrected chi connectivity index (χ1v) is 10.8. The van der Waals surface area contributed by atoms with Crippen molar-refractivity contribution < 1.29 is 17.9 Å². The summed E-state index contributed by atoms with van der Waals surface area (Å²) in [6.45, 7) is 4.09. The molecule has 0 spiro atoms. The van der Waals surface area contributed by atoms with Crippen LogP contribution < -0.4 is 9.46 Å². The maximum Gasteiger partial charge on any atom is 0.264 e. The molecule has 0 saturated carbocycles. The van der Waals surface area contributed by atoms with E-state index in [1.54, 1.807) is 43.6 Å². The fourth-order valence-electron chi connectivity index (χ4n) is 4.19. The minimum atomic E-state index is -4.06. The zero-order chi connectivity index (χ0) is 20.8. The number of carbonyl (C=O) groups excluding carboxylic acids is 1. The van der Waals surface area contributed by atoms with E-state index in [9.17, 15) is 13.2 Å². The number of hydrogen-bond acceptors (Lipinski definition) is 5. The second kappa shape index (κ2) is 6.84. The van der Waals surface area contributed by atoms with E-state index < -0.39 is 21.8 Å². The summed E-state index contributed by atoms with van der Waals surface area (Å²) >= 11 is 0. The van der Waals surface area contributed by atoms with E-state index in [4.69, 9.17) is 4.74 Å². The highest BCUT2D eigenvalue weighted by molar-refractivity contribution is 7.90. The standard InChI is InChI=1S/C22H22N2O4S/c1-22(2)13-15(20-16(22)8-4-10-18(20)28-3)21(25)24-29(26,27)19-11-5-9-17-14(19)7-6-12-23-17/h4-12,15H,13H2,1-3H3,(H,24,25)/t15-/m0/s1. The molecule has 1 heterocycles. The number of hydrogen-bond donors (Lipinski definition) is 1. The van der Waals surface area contributed by atoms with Crippen LogP contribution >= 0.6 is 0 Å². The highest BCUT2D eigenvalue weighted by Crippen LogP contribution is 2.49. The molecule has 1 atom stereocenters. The molecule has 0 bridgehead atoms. The SMILES string of the molecule is COc1cccc2c1[C@@H](C(=O)NS(=O)(=O)c1cccc3ncccc13)CC2(C)C. The predicted octanol–water partition coefficient (Wildman–Crippen LogP) is 3.51. The van der Waals surface area contributed by atoms with E-state index in [0.717, 1.165) is 11.1 Å². The van der Waals surface area contributed by atoms with Crippen LogP contribution in [0, 0.1) is 0 Å². The number of amides is 1. The van der Waals surface area contributed by atoms with Gasteiger partial charge in [0.2, 0.25) is 5.91 Å². The molecule has 29 heavy (non-hydrogen) atoms.